The Bertz CT molecular complexity index is 1420. The van der Waals surface area contributed by atoms with E-state index in [2.05, 4.69) is 19.2 Å². The van der Waals surface area contributed by atoms with Crippen molar-refractivity contribution in [1.82, 2.24) is 4.31 Å². The first-order valence-corrected chi connectivity index (χ1v) is 12.9. The number of aryl methyl sites for hydroxylation is 1. The van der Waals surface area contributed by atoms with Crippen molar-refractivity contribution in [2.45, 2.75) is 40.2 Å². The van der Waals surface area contributed by atoms with Crippen molar-refractivity contribution in [3.8, 4) is 0 Å². The molecule has 1 aliphatic rings. The summed E-state index contributed by atoms with van der Waals surface area (Å²) in [6, 6.07) is 21.4. The number of carbonyl (C=O) groups excluding carboxylic acids is 2. The first-order chi connectivity index (χ1) is 16.6. The highest BCUT2D eigenvalue weighted by Crippen LogP contribution is 2.36. The van der Waals surface area contributed by atoms with Gasteiger partial charge >= 0.3 is 0 Å². The fourth-order valence-electron chi connectivity index (χ4n) is 4.07. The number of benzene rings is 3. The summed E-state index contributed by atoms with van der Waals surface area (Å²) in [7, 11) is -4.00. The Kier molecular flexibility index (Phi) is 6.63. The van der Waals surface area contributed by atoms with E-state index in [1.165, 1.54) is 0 Å². The fourth-order valence-corrected chi connectivity index (χ4v) is 5.88. The van der Waals surface area contributed by atoms with E-state index >= 15 is 0 Å². The van der Waals surface area contributed by atoms with Crippen molar-refractivity contribution in [1.29, 1.82) is 0 Å². The predicted octanol–water partition coefficient (Wildman–Crippen LogP) is 5.47. The van der Waals surface area contributed by atoms with Crippen LogP contribution in [0, 0.1) is 6.92 Å². The molecule has 0 unspecified atom stereocenters. The highest BCUT2D eigenvalue weighted by atomic mass is 32.2. The zero-order valence-corrected chi connectivity index (χ0v) is 21.0. The van der Waals surface area contributed by atoms with Gasteiger partial charge in [0, 0.05) is 16.8 Å². The Morgan fingerprint density at radius 3 is 2.14 bits per heavy atom. The summed E-state index contributed by atoms with van der Waals surface area (Å²) in [6.07, 6.45) is 0. The van der Waals surface area contributed by atoms with E-state index in [4.69, 9.17) is 0 Å². The smallest absolute Gasteiger partial charge is 0.268 e. The first kappa shape index (κ1) is 24.4. The van der Waals surface area contributed by atoms with Gasteiger partial charge in [-0.15, -0.1) is 0 Å². The molecule has 0 spiro atoms. The molecule has 0 atom stereocenters. The third-order valence-corrected chi connectivity index (χ3v) is 8.14. The van der Waals surface area contributed by atoms with E-state index in [1.807, 2.05) is 43.3 Å². The van der Waals surface area contributed by atoms with Gasteiger partial charge in [-0.05, 0) is 60.2 Å². The van der Waals surface area contributed by atoms with Crippen LogP contribution in [0.3, 0.4) is 0 Å². The quantitative estimate of drug-likeness (QED) is 0.498. The van der Waals surface area contributed by atoms with Crippen molar-refractivity contribution in [3.63, 3.8) is 0 Å². The molecule has 2 amide bonds. The highest BCUT2D eigenvalue weighted by molar-refractivity contribution is 7.99. The summed E-state index contributed by atoms with van der Waals surface area (Å²) in [5.41, 5.74) is 4.53. The number of nitrogens with one attached hydrogen (secondary N) is 1. The van der Waals surface area contributed by atoms with Crippen LogP contribution in [0.15, 0.2) is 78.4 Å². The summed E-state index contributed by atoms with van der Waals surface area (Å²) in [5, 5.41) is 2.87. The number of rotatable bonds is 6. The van der Waals surface area contributed by atoms with Gasteiger partial charge in [0.2, 0.25) is 0 Å². The van der Waals surface area contributed by atoms with Crippen LogP contribution in [-0.4, -0.2) is 24.5 Å². The molecule has 3 aromatic carbocycles. The van der Waals surface area contributed by atoms with Crippen molar-refractivity contribution < 1.29 is 18.0 Å². The number of para-hydroxylation sites is 1. The van der Waals surface area contributed by atoms with Crippen molar-refractivity contribution in [2.75, 3.05) is 5.32 Å². The van der Waals surface area contributed by atoms with Gasteiger partial charge in [0.25, 0.3) is 21.8 Å². The largest absolute Gasteiger partial charge is 0.322 e. The predicted molar refractivity (Wildman–Crippen MR) is 138 cm³/mol. The Hall–Kier alpha value is -3.71. The minimum absolute atomic E-state index is 0.0482. The average molecular weight is 489 g/mol. The highest BCUT2D eigenvalue weighted by Gasteiger charge is 2.42. The summed E-state index contributed by atoms with van der Waals surface area (Å²) in [6.45, 7) is 7.48. The number of amides is 2. The topological polar surface area (TPSA) is 83.6 Å². The summed E-state index contributed by atoms with van der Waals surface area (Å²) in [4.78, 5) is 25.6. The Morgan fingerprint density at radius 1 is 0.914 bits per heavy atom. The molecule has 4 rings (SSSR count). The second-order valence-electron chi connectivity index (χ2n) is 9.01. The number of hydrogen-bond acceptors (Lipinski definition) is 4. The molecule has 0 saturated carbocycles. The number of sulfonamides is 1. The van der Waals surface area contributed by atoms with Crippen molar-refractivity contribution >= 4 is 32.4 Å². The summed E-state index contributed by atoms with van der Waals surface area (Å²) < 4.78 is 27.6. The molecule has 0 bridgehead atoms. The first-order valence-electron chi connectivity index (χ1n) is 11.4. The van der Waals surface area contributed by atoms with E-state index in [-0.39, 0.29) is 22.9 Å². The van der Waals surface area contributed by atoms with Crippen LogP contribution in [0.4, 0.5) is 5.69 Å². The van der Waals surface area contributed by atoms with Gasteiger partial charge in [0.05, 0.1) is 6.54 Å². The van der Waals surface area contributed by atoms with Crippen molar-refractivity contribution in [3.05, 3.63) is 106 Å². The minimum Gasteiger partial charge on any atom is -0.322 e. The SMILES string of the molecule is CC1=C(c2ccc(C(C)C)cc2)S(=O)(=O)N(Cc2ccc(C(=O)Nc3ccccc3C)cc2)C1=O. The van der Waals surface area contributed by atoms with Gasteiger partial charge in [-0.1, -0.05) is 68.4 Å². The van der Waals surface area contributed by atoms with Crippen LogP contribution < -0.4 is 5.32 Å². The van der Waals surface area contributed by atoms with Gasteiger partial charge in [-0.3, -0.25) is 9.59 Å². The molecule has 0 saturated heterocycles. The molecule has 0 fully saturated rings. The lowest BCUT2D eigenvalue weighted by Gasteiger charge is -2.17. The van der Waals surface area contributed by atoms with Crippen LogP contribution in [0.2, 0.25) is 0 Å². The summed E-state index contributed by atoms with van der Waals surface area (Å²) in [5.74, 6) is -0.478. The molecule has 0 radical (unpaired) electrons. The molecule has 6 nitrogen and oxygen atoms in total. The maximum atomic E-state index is 13.3. The minimum atomic E-state index is -4.00. The van der Waals surface area contributed by atoms with Gasteiger partial charge in [-0.2, -0.15) is 0 Å². The third kappa shape index (κ3) is 4.77. The van der Waals surface area contributed by atoms with Crippen LogP contribution in [0.5, 0.6) is 0 Å². The summed E-state index contributed by atoms with van der Waals surface area (Å²) >= 11 is 0. The molecule has 1 aliphatic heterocycles. The molecule has 1 N–H and O–H groups in total. The second kappa shape index (κ2) is 9.50. The lowest BCUT2D eigenvalue weighted by Crippen LogP contribution is -2.30. The van der Waals surface area contributed by atoms with E-state index < -0.39 is 15.9 Å². The fraction of sp³-hybridized carbons (Fsp3) is 0.214. The molecule has 7 heteroatoms. The number of anilines is 1. The number of hydrogen-bond donors (Lipinski definition) is 1. The second-order valence-corrected chi connectivity index (χ2v) is 10.8. The van der Waals surface area contributed by atoms with Crippen LogP contribution in [0.1, 0.15) is 59.3 Å². The van der Waals surface area contributed by atoms with Crippen LogP contribution in [-0.2, 0) is 21.4 Å². The zero-order chi connectivity index (χ0) is 25.3. The van der Waals surface area contributed by atoms with Crippen LogP contribution >= 0.6 is 0 Å². The maximum absolute atomic E-state index is 13.3. The maximum Gasteiger partial charge on any atom is 0.268 e. The zero-order valence-electron chi connectivity index (χ0n) is 20.2. The van der Waals surface area contributed by atoms with E-state index in [0.717, 1.165) is 21.1 Å². The molecule has 35 heavy (non-hydrogen) atoms. The number of carbonyl (C=O) groups is 2. The monoisotopic (exact) mass is 488 g/mol. The Morgan fingerprint density at radius 2 is 1.54 bits per heavy atom. The Labute approximate surface area is 206 Å². The lowest BCUT2D eigenvalue weighted by atomic mass is 10.0. The van der Waals surface area contributed by atoms with Crippen LogP contribution in [0.25, 0.3) is 4.91 Å². The van der Waals surface area contributed by atoms with Crippen molar-refractivity contribution in [2.24, 2.45) is 0 Å². The van der Waals surface area contributed by atoms with Gasteiger partial charge in [-0.25, -0.2) is 12.7 Å². The van der Waals surface area contributed by atoms with Gasteiger partial charge < -0.3 is 5.32 Å². The molecule has 3 aromatic rings. The molecule has 180 valence electrons. The molecular formula is C28H28N2O4S. The molecule has 0 aliphatic carbocycles. The van der Waals surface area contributed by atoms with Gasteiger partial charge in [0.1, 0.15) is 4.91 Å². The standard InChI is InChI=1S/C28H28N2O4S/c1-18(2)22-13-15-23(16-14-22)26-20(4)28(32)30(35(26,33)34)17-21-9-11-24(12-10-21)27(31)29-25-8-6-5-7-19(25)3/h5-16,18H,17H2,1-4H3,(H,29,31). The molecule has 1 heterocycles. The normalized spacial score (nSPS) is 15.1. The lowest BCUT2D eigenvalue weighted by molar-refractivity contribution is -0.122. The van der Waals surface area contributed by atoms with Gasteiger partial charge in [0.15, 0.2) is 0 Å². The molecule has 0 aromatic heterocycles. The average Bonchev–Trinajstić information content (AvgIpc) is 3.00. The van der Waals surface area contributed by atoms with E-state index in [9.17, 15) is 18.0 Å². The third-order valence-electron chi connectivity index (χ3n) is 6.21. The number of nitrogens with zero attached hydrogens (tertiary/aromatic N) is 1. The molecular weight excluding hydrogens is 460 g/mol. The van der Waals surface area contributed by atoms with E-state index in [0.29, 0.717) is 22.6 Å². The Balaban J connectivity index is 1.52. The van der Waals surface area contributed by atoms with E-state index in [1.54, 1.807) is 43.3 Å².